The van der Waals surface area contributed by atoms with Crippen molar-refractivity contribution in [2.24, 2.45) is 0 Å². The molecule has 0 spiro atoms. The summed E-state index contributed by atoms with van der Waals surface area (Å²) in [4.78, 5) is 18.2. The van der Waals surface area contributed by atoms with Gasteiger partial charge in [0.05, 0.1) is 18.4 Å². The van der Waals surface area contributed by atoms with Crippen LogP contribution in [0.25, 0.3) is 21.9 Å². The van der Waals surface area contributed by atoms with Crippen LogP contribution in [0.4, 0.5) is 4.39 Å². The first-order chi connectivity index (χ1) is 15.1. The summed E-state index contributed by atoms with van der Waals surface area (Å²) in [6.07, 6.45) is 2.36. The third-order valence-electron chi connectivity index (χ3n) is 5.75. The van der Waals surface area contributed by atoms with Gasteiger partial charge in [0.2, 0.25) is 0 Å². The normalized spacial score (nSPS) is 11.4. The molecule has 5 aromatic rings. The predicted octanol–water partition coefficient (Wildman–Crippen LogP) is 5.09. The number of nitrogens with zero attached hydrogens (tertiary/aromatic N) is 3. The zero-order valence-corrected chi connectivity index (χ0v) is 17.3. The lowest BCUT2D eigenvalue weighted by Crippen LogP contribution is -2.23. The molecule has 0 atom stereocenters. The Kier molecular flexibility index (Phi) is 4.86. The lowest BCUT2D eigenvalue weighted by Gasteiger charge is -2.10. The van der Waals surface area contributed by atoms with E-state index in [2.05, 4.69) is 17.1 Å². The molecule has 3 aromatic carbocycles. The summed E-state index contributed by atoms with van der Waals surface area (Å²) in [5.41, 5.74) is 4.75. The third-order valence-corrected chi connectivity index (χ3v) is 5.75. The van der Waals surface area contributed by atoms with Gasteiger partial charge >= 0.3 is 0 Å². The van der Waals surface area contributed by atoms with Gasteiger partial charge in [-0.05, 0) is 37.1 Å². The quantitative estimate of drug-likeness (QED) is 0.404. The van der Waals surface area contributed by atoms with Gasteiger partial charge in [-0.3, -0.25) is 9.36 Å². The maximum Gasteiger partial charge on any atom is 0.277 e. The molecule has 5 rings (SSSR count). The molecule has 0 saturated heterocycles. The van der Waals surface area contributed by atoms with Gasteiger partial charge in [0.1, 0.15) is 16.9 Å². The van der Waals surface area contributed by atoms with Gasteiger partial charge in [-0.1, -0.05) is 60.2 Å². The molecular weight excluding hydrogens is 389 g/mol. The Morgan fingerprint density at radius 3 is 2.55 bits per heavy atom. The van der Waals surface area contributed by atoms with Crippen molar-refractivity contribution in [3.63, 3.8) is 0 Å². The van der Waals surface area contributed by atoms with E-state index in [1.54, 1.807) is 23.0 Å². The monoisotopic (exact) mass is 411 g/mol. The van der Waals surface area contributed by atoms with Crippen molar-refractivity contribution in [1.82, 2.24) is 14.1 Å². The molecule has 0 aliphatic heterocycles. The highest BCUT2D eigenvalue weighted by molar-refractivity contribution is 6.05. The molecule has 0 aliphatic rings. The number of aryl methyl sites for hydroxylation is 3. The van der Waals surface area contributed by atoms with E-state index in [9.17, 15) is 9.18 Å². The lowest BCUT2D eigenvalue weighted by atomic mass is 10.1. The Morgan fingerprint density at radius 2 is 1.74 bits per heavy atom. The summed E-state index contributed by atoms with van der Waals surface area (Å²) >= 11 is 0. The average molecular weight is 411 g/mol. The van der Waals surface area contributed by atoms with E-state index in [1.165, 1.54) is 6.07 Å². The van der Waals surface area contributed by atoms with Crippen LogP contribution in [0.2, 0.25) is 0 Å². The van der Waals surface area contributed by atoms with Gasteiger partial charge in [-0.2, -0.15) is 0 Å². The summed E-state index contributed by atoms with van der Waals surface area (Å²) < 4.78 is 18.0. The van der Waals surface area contributed by atoms with Gasteiger partial charge < -0.3 is 4.57 Å². The molecule has 0 radical (unpaired) electrons. The summed E-state index contributed by atoms with van der Waals surface area (Å²) in [6.45, 7) is 2.82. The molecule has 0 bridgehead atoms. The van der Waals surface area contributed by atoms with Crippen LogP contribution in [0.3, 0.4) is 0 Å². The Labute approximate surface area is 179 Å². The zero-order valence-electron chi connectivity index (χ0n) is 17.3. The highest BCUT2D eigenvalue weighted by Crippen LogP contribution is 2.27. The van der Waals surface area contributed by atoms with E-state index in [4.69, 9.17) is 0 Å². The van der Waals surface area contributed by atoms with Gasteiger partial charge in [0.15, 0.2) is 0 Å². The second-order valence-corrected chi connectivity index (χ2v) is 7.87. The van der Waals surface area contributed by atoms with Gasteiger partial charge in [0, 0.05) is 17.5 Å². The summed E-state index contributed by atoms with van der Waals surface area (Å²) in [5.74, 6) is -0.280. The van der Waals surface area contributed by atoms with Crippen LogP contribution >= 0.6 is 0 Å². The second kappa shape index (κ2) is 7.84. The molecule has 2 aromatic heterocycles. The van der Waals surface area contributed by atoms with E-state index < -0.39 is 0 Å². The Bertz CT molecular complexity index is 1450. The molecule has 2 heterocycles. The van der Waals surface area contributed by atoms with E-state index in [0.29, 0.717) is 23.1 Å². The average Bonchev–Trinajstić information content (AvgIpc) is 3.09. The molecule has 0 N–H and O–H groups in total. The molecule has 0 saturated carbocycles. The van der Waals surface area contributed by atoms with Crippen molar-refractivity contribution in [3.8, 4) is 0 Å². The minimum Gasteiger partial charge on any atom is -0.330 e. The van der Waals surface area contributed by atoms with Gasteiger partial charge in [-0.25, -0.2) is 9.37 Å². The maximum absolute atomic E-state index is 14.4. The second-order valence-electron chi connectivity index (χ2n) is 7.87. The highest BCUT2D eigenvalue weighted by atomic mass is 19.1. The number of rotatable bonds is 5. The summed E-state index contributed by atoms with van der Waals surface area (Å²) in [6, 6.07) is 22.8. The molecule has 4 nitrogen and oxygen atoms in total. The molecule has 31 heavy (non-hydrogen) atoms. The van der Waals surface area contributed by atoms with Gasteiger partial charge in [-0.15, -0.1) is 0 Å². The molecule has 0 fully saturated rings. The minimum absolute atomic E-state index is 0.105. The van der Waals surface area contributed by atoms with E-state index >= 15 is 0 Å². The number of halogens is 1. The fourth-order valence-corrected chi connectivity index (χ4v) is 4.13. The van der Waals surface area contributed by atoms with Crippen molar-refractivity contribution < 1.29 is 4.39 Å². The first-order valence-corrected chi connectivity index (χ1v) is 10.4. The zero-order chi connectivity index (χ0) is 21.4. The fraction of sp³-hybridized carbons (Fsp3) is 0.154. The fourth-order valence-electron chi connectivity index (χ4n) is 4.13. The number of benzene rings is 3. The van der Waals surface area contributed by atoms with Crippen LogP contribution in [0.1, 0.15) is 16.7 Å². The van der Waals surface area contributed by atoms with Gasteiger partial charge in [0.25, 0.3) is 5.56 Å². The molecule has 5 heteroatoms. The lowest BCUT2D eigenvalue weighted by molar-refractivity contribution is 0.603. The first kappa shape index (κ1) is 19.2. The summed E-state index contributed by atoms with van der Waals surface area (Å²) in [5, 5.41) is 0.915. The van der Waals surface area contributed by atoms with Crippen LogP contribution < -0.4 is 5.56 Å². The minimum atomic E-state index is -0.280. The van der Waals surface area contributed by atoms with Crippen LogP contribution in [-0.2, 0) is 19.5 Å². The van der Waals surface area contributed by atoms with Crippen LogP contribution in [0.5, 0.6) is 0 Å². The van der Waals surface area contributed by atoms with Crippen LogP contribution in [0, 0.1) is 12.7 Å². The standard InChI is InChI=1S/C26H22FN3O/c1-18-11-12-23-21(15-18)24-25(30(23)16-20-9-5-6-10-22(20)27)26(31)29(17-28-24)14-13-19-7-3-2-4-8-19/h2-12,15,17H,13-14,16H2,1H3. The van der Waals surface area contributed by atoms with Crippen LogP contribution in [-0.4, -0.2) is 14.1 Å². The number of hydrogen-bond acceptors (Lipinski definition) is 2. The van der Waals surface area contributed by atoms with Crippen molar-refractivity contribution in [3.05, 3.63) is 112 Å². The molecule has 0 amide bonds. The Balaban J connectivity index is 1.67. The molecule has 0 unspecified atom stereocenters. The molecule has 0 aliphatic carbocycles. The van der Waals surface area contributed by atoms with Crippen molar-refractivity contribution in [2.45, 2.75) is 26.4 Å². The van der Waals surface area contributed by atoms with Crippen LogP contribution in [0.15, 0.2) is 83.9 Å². The van der Waals surface area contributed by atoms with Crippen molar-refractivity contribution >= 4 is 21.9 Å². The van der Waals surface area contributed by atoms with Crippen molar-refractivity contribution in [2.75, 3.05) is 0 Å². The number of hydrogen-bond donors (Lipinski definition) is 0. The van der Waals surface area contributed by atoms with E-state index in [1.807, 2.05) is 54.0 Å². The SMILES string of the molecule is Cc1ccc2c(c1)c1ncn(CCc3ccccc3)c(=O)c1n2Cc1ccccc1F. The highest BCUT2D eigenvalue weighted by Gasteiger charge is 2.18. The maximum atomic E-state index is 14.4. The van der Waals surface area contributed by atoms with E-state index in [0.717, 1.165) is 28.5 Å². The number of fused-ring (bicyclic) bond motifs is 3. The van der Waals surface area contributed by atoms with Crippen molar-refractivity contribution in [1.29, 1.82) is 0 Å². The molecular formula is C26H22FN3O. The Morgan fingerprint density at radius 1 is 0.968 bits per heavy atom. The topological polar surface area (TPSA) is 39.8 Å². The largest absolute Gasteiger partial charge is 0.330 e. The third kappa shape index (κ3) is 3.52. The molecule has 154 valence electrons. The summed E-state index contributed by atoms with van der Waals surface area (Å²) in [7, 11) is 0. The smallest absolute Gasteiger partial charge is 0.277 e. The first-order valence-electron chi connectivity index (χ1n) is 10.4. The number of aromatic nitrogens is 3. The Hall–Kier alpha value is -3.73. The predicted molar refractivity (Wildman–Crippen MR) is 122 cm³/mol. The van der Waals surface area contributed by atoms with E-state index in [-0.39, 0.29) is 17.9 Å².